The summed E-state index contributed by atoms with van der Waals surface area (Å²) in [5, 5.41) is 10.7. The number of sulfonamides is 1. The molecule has 30 heavy (non-hydrogen) atoms. The standard InChI is InChI=1S/C19H20N4O4S3/c1-13-9-10-16(27-2)15(11-13)23(30(25,26)14-7-5-4-6-8-14)12-17(24)20-18-21-22-19(28-3)29-18/h4-11H,12H2,1-3H3,(H,20,21,24). The van der Waals surface area contributed by atoms with Gasteiger partial charge in [0.2, 0.25) is 11.0 Å². The number of benzene rings is 2. The van der Waals surface area contributed by atoms with E-state index in [0.29, 0.717) is 15.2 Å². The van der Waals surface area contributed by atoms with Crippen LogP contribution in [0.3, 0.4) is 0 Å². The van der Waals surface area contributed by atoms with Crippen LogP contribution in [-0.4, -0.2) is 44.4 Å². The molecule has 0 bridgehead atoms. The summed E-state index contributed by atoms with van der Waals surface area (Å²) in [6, 6.07) is 13.1. The zero-order valence-electron chi connectivity index (χ0n) is 16.5. The van der Waals surface area contributed by atoms with Gasteiger partial charge in [0, 0.05) is 0 Å². The van der Waals surface area contributed by atoms with Crippen molar-refractivity contribution in [3.8, 4) is 5.75 Å². The molecule has 11 heteroatoms. The maximum Gasteiger partial charge on any atom is 0.264 e. The Balaban J connectivity index is 2.00. The van der Waals surface area contributed by atoms with Crippen molar-refractivity contribution < 1.29 is 17.9 Å². The summed E-state index contributed by atoms with van der Waals surface area (Å²) in [5.74, 6) is -0.199. The van der Waals surface area contributed by atoms with Gasteiger partial charge in [-0.15, -0.1) is 10.2 Å². The van der Waals surface area contributed by atoms with E-state index in [1.807, 2.05) is 13.2 Å². The fourth-order valence-electron chi connectivity index (χ4n) is 2.65. The van der Waals surface area contributed by atoms with Gasteiger partial charge >= 0.3 is 0 Å². The summed E-state index contributed by atoms with van der Waals surface area (Å²) < 4.78 is 33.9. The second-order valence-corrected chi connectivity index (χ2v) is 10.0. The van der Waals surface area contributed by atoms with Crippen LogP contribution in [0, 0.1) is 6.92 Å². The molecule has 0 atom stereocenters. The van der Waals surface area contributed by atoms with Crippen LogP contribution in [0.2, 0.25) is 0 Å². The highest BCUT2D eigenvalue weighted by Crippen LogP contribution is 2.33. The van der Waals surface area contributed by atoms with Crippen LogP contribution in [0.4, 0.5) is 10.8 Å². The molecule has 0 saturated heterocycles. The Bertz CT molecular complexity index is 1130. The topological polar surface area (TPSA) is 101 Å². The monoisotopic (exact) mass is 464 g/mol. The molecule has 0 saturated carbocycles. The molecule has 1 heterocycles. The molecule has 0 unspecified atom stereocenters. The van der Waals surface area contributed by atoms with Gasteiger partial charge in [0.25, 0.3) is 10.0 Å². The molecule has 1 aromatic heterocycles. The summed E-state index contributed by atoms with van der Waals surface area (Å²) in [7, 11) is -2.58. The van der Waals surface area contributed by atoms with E-state index in [2.05, 4.69) is 15.5 Å². The van der Waals surface area contributed by atoms with E-state index in [4.69, 9.17) is 4.74 Å². The molecule has 1 amide bonds. The van der Waals surface area contributed by atoms with Gasteiger partial charge in [-0.1, -0.05) is 47.4 Å². The number of amides is 1. The van der Waals surface area contributed by atoms with Gasteiger partial charge < -0.3 is 4.74 Å². The van der Waals surface area contributed by atoms with Crippen molar-refractivity contribution in [1.29, 1.82) is 0 Å². The molecule has 0 aliphatic carbocycles. The molecule has 3 rings (SSSR count). The third-order valence-electron chi connectivity index (χ3n) is 4.05. The van der Waals surface area contributed by atoms with Crippen LogP contribution < -0.4 is 14.4 Å². The Morgan fingerprint density at radius 1 is 1.20 bits per heavy atom. The third-order valence-corrected chi connectivity index (χ3v) is 7.64. The first-order chi connectivity index (χ1) is 14.3. The number of aromatic nitrogens is 2. The highest BCUT2D eigenvalue weighted by atomic mass is 32.2. The van der Waals surface area contributed by atoms with Gasteiger partial charge in [0.15, 0.2) is 4.34 Å². The molecular formula is C19H20N4O4S3. The minimum atomic E-state index is -4.03. The number of hydrogen-bond donors (Lipinski definition) is 1. The molecule has 8 nitrogen and oxygen atoms in total. The largest absolute Gasteiger partial charge is 0.495 e. The number of carbonyl (C=O) groups is 1. The number of methoxy groups -OCH3 is 1. The smallest absolute Gasteiger partial charge is 0.264 e. The Morgan fingerprint density at radius 2 is 1.93 bits per heavy atom. The van der Waals surface area contributed by atoms with Gasteiger partial charge in [-0.25, -0.2) is 8.42 Å². The van der Waals surface area contributed by atoms with Crippen molar-refractivity contribution >= 4 is 49.8 Å². The van der Waals surface area contributed by atoms with Crippen LogP contribution in [0.1, 0.15) is 5.56 Å². The third kappa shape index (κ3) is 4.91. The van der Waals surface area contributed by atoms with Crippen LogP contribution >= 0.6 is 23.1 Å². The molecule has 0 aliphatic rings. The lowest BCUT2D eigenvalue weighted by Crippen LogP contribution is -2.38. The van der Waals surface area contributed by atoms with Gasteiger partial charge in [0.05, 0.1) is 17.7 Å². The van der Waals surface area contributed by atoms with Crippen molar-refractivity contribution in [2.24, 2.45) is 0 Å². The quantitative estimate of drug-likeness (QED) is 0.403. The van der Waals surface area contributed by atoms with E-state index in [9.17, 15) is 13.2 Å². The Labute approximate surface area is 183 Å². The van der Waals surface area contributed by atoms with Crippen LogP contribution in [-0.2, 0) is 14.8 Å². The maximum absolute atomic E-state index is 13.4. The van der Waals surface area contributed by atoms with Gasteiger partial charge in [-0.05, 0) is 43.0 Å². The predicted molar refractivity (Wildman–Crippen MR) is 119 cm³/mol. The number of anilines is 2. The molecule has 2 aromatic carbocycles. The second kappa shape index (κ2) is 9.45. The molecule has 0 aliphatic heterocycles. The molecule has 158 valence electrons. The summed E-state index contributed by atoms with van der Waals surface area (Å²) in [6.07, 6.45) is 1.85. The van der Waals surface area contributed by atoms with Gasteiger partial charge in [-0.3, -0.25) is 14.4 Å². The number of thioether (sulfide) groups is 1. The summed E-state index contributed by atoms with van der Waals surface area (Å²) in [6.45, 7) is 1.38. The van der Waals surface area contributed by atoms with E-state index < -0.39 is 22.5 Å². The minimum absolute atomic E-state index is 0.0712. The molecule has 0 fully saturated rings. The Kier molecular flexibility index (Phi) is 6.95. The first-order valence-corrected chi connectivity index (χ1v) is 12.2. The van der Waals surface area contributed by atoms with Crippen molar-refractivity contribution in [1.82, 2.24) is 10.2 Å². The number of nitrogens with zero attached hydrogens (tertiary/aromatic N) is 3. The van der Waals surface area contributed by atoms with Crippen molar-refractivity contribution in [3.63, 3.8) is 0 Å². The molecule has 3 aromatic rings. The Hall–Kier alpha value is -2.63. The van der Waals surface area contributed by atoms with Crippen LogP contribution in [0.25, 0.3) is 0 Å². The first-order valence-electron chi connectivity index (χ1n) is 8.75. The number of aryl methyl sites for hydroxylation is 1. The van der Waals surface area contributed by atoms with E-state index in [1.165, 1.54) is 42.3 Å². The molecule has 0 radical (unpaired) electrons. The highest BCUT2D eigenvalue weighted by Gasteiger charge is 2.29. The van der Waals surface area contributed by atoms with E-state index in [-0.39, 0.29) is 10.6 Å². The fraction of sp³-hybridized carbons (Fsp3) is 0.211. The minimum Gasteiger partial charge on any atom is -0.495 e. The van der Waals surface area contributed by atoms with Crippen LogP contribution in [0.15, 0.2) is 57.8 Å². The lowest BCUT2D eigenvalue weighted by molar-refractivity contribution is -0.114. The predicted octanol–water partition coefficient (Wildman–Crippen LogP) is 3.41. The second-order valence-electron chi connectivity index (χ2n) is 6.13. The average Bonchev–Trinajstić information content (AvgIpc) is 3.20. The number of hydrogen-bond acceptors (Lipinski definition) is 8. The number of rotatable bonds is 8. The first kappa shape index (κ1) is 22.1. The summed E-state index contributed by atoms with van der Waals surface area (Å²) in [5.41, 5.74) is 1.10. The van der Waals surface area contributed by atoms with Crippen LogP contribution in [0.5, 0.6) is 5.75 Å². The van der Waals surface area contributed by atoms with Gasteiger partial charge in [0.1, 0.15) is 12.3 Å². The van der Waals surface area contributed by atoms with E-state index in [0.717, 1.165) is 9.87 Å². The average molecular weight is 465 g/mol. The highest BCUT2D eigenvalue weighted by molar-refractivity contribution is 8.00. The lowest BCUT2D eigenvalue weighted by atomic mass is 10.2. The zero-order chi connectivity index (χ0) is 21.7. The molecule has 1 N–H and O–H groups in total. The number of carbonyl (C=O) groups excluding carboxylic acids is 1. The van der Waals surface area contributed by atoms with E-state index >= 15 is 0 Å². The van der Waals surface area contributed by atoms with Gasteiger partial charge in [-0.2, -0.15) is 0 Å². The lowest BCUT2D eigenvalue weighted by Gasteiger charge is -2.25. The number of ether oxygens (including phenoxy) is 1. The van der Waals surface area contributed by atoms with Crippen molar-refractivity contribution in [2.75, 3.05) is 29.5 Å². The van der Waals surface area contributed by atoms with Crippen molar-refractivity contribution in [3.05, 3.63) is 54.1 Å². The molecule has 0 spiro atoms. The maximum atomic E-state index is 13.4. The van der Waals surface area contributed by atoms with Crippen molar-refractivity contribution in [2.45, 2.75) is 16.2 Å². The SMILES string of the molecule is COc1ccc(C)cc1N(CC(=O)Nc1nnc(SC)s1)S(=O)(=O)c1ccccc1. The summed E-state index contributed by atoms with van der Waals surface area (Å²) >= 11 is 2.62. The molecular weight excluding hydrogens is 444 g/mol. The normalized spacial score (nSPS) is 11.2. The number of nitrogens with one attached hydrogen (secondary N) is 1. The fourth-order valence-corrected chi connectivity index (χ4v) is 5.28. The Morgan fingerprint density at radius 3 is 2.57 bits per heavy atom. The zero-order valence-corrected chi connectivity index (χ0v) is 19.0. The van der Waals surface area contributed by atoms with E-state index in [1.54, 1.807) is 36.4 Å². The summed E-state index contributed by atoms with van der Waals surface area (Å²) in [4.78, 5) is 12.8.